The van der Waals surface area contributed by atoms with E-state index in [1.807, 2.05) is 0 Å². The lowest BCUT2D eigenvalue weighted by molar-refractivity contribution is 0.368. The van der Waals surface area contributed by atoms with Gasteiger partial charge in [0.1, 0.15) is 0 Å². The summed E-state index contributed by atoms with van der Waals surface area (Å²) in [6.45, 7) is 0. The summed E-state index contributed by atoms with van der Waals surface area (Å²) < 4.78 is 62.9. The van der Waals surface area contributed by atoms with Gasteiger partial charge in [0.2, 0.25) is 9.84 Å². The predicted molar refractivity (Wildman–Crippen MR) is 66.3 cm³/mol. The molecule has 0 atom stereocenters. The van der Waals surface area contributed by atoms with E-state index in [1.54, 1.807) is 42.5 Å². The second-order valence-corrected chi connectivity index (χ2v) is 5.38. The minimum Gasteiger partial charge on any atom is -0.418 e. The minimum absolute atomic E-state index is 0.0798. The molecule has 0 fully saturated rings. The number of sulfone groups is 1. The van der Waals surface area contributed by atoms with Crippen LogP contribution in [-0.4, -0.2) is 20.7 Å². The average Bonchev–Trinajstić information content (AvgIpc) is 2.39. The summed E-state index contributed by atoms with van der Waals surface area (Å²) in [7, 11) is -9.45. The third kappa shape index (κ3) is 5.39. The van der Waals surface area contributed by atoms with E-state index in [-0.39, 0.29) is 9.92 Å². The van der Waals surface area contributed by atoms with Gasteiger partial charge in [0.05, 0.1) is 4.90 Å². The van der Waals surface area contributed by atoms with Crippen molar-refractivity contribution in [3.8, 4) is 0 Å². The van der Waals surface area contributed by atoms with E-state index in [4.69, 9.17) is 0 Å². The van der Waals surface area contributed by atoms with E-state index in [0.717, 1.165) is 0 Å². The Morgan fingerprint density at radius 3 is 1.80 bits per heavy atom. The van der Waals surface area contributed by atoms with Crippen molar-refractivity contribution in [1.82, 2.24) is 4.98 Å². The minimum atomic E-state index is -6.00. The Morgan fingerprint density at radius 1 is 0.850 bits per heavy atom. The van der Waals surface area contributed by atoms with E-state index in [2.05, 4.69) is 4.98 Å². The maximum atomic E-state index is 12.0. The lowest BCUT2D eigenvalue weighted by atomic mass is 10.3. The summed E-state index contributed by atoms with van der Waals surface area (Å²) in [5, 5.41) is 0.0798. The van der Waals surface area contributed by atoms with Crippen LogP contribution in [0.3, 0.4) is 0 Å². The van der Waals surface area contributed by atoms with Crippen LogP contribution >= 0.6 is 0 Å². The van der Waals surface area contributed by atoms with E-state index in [1.165, 1.54) is 12.3 Å². The molecule has 0 radical (unpaired) electrons. The molecule has 20 heavy (non-hydrogen) atoms. The van der Waals surface area contributed by atoms with Gasteiger partial charge in [0.15, 0.2) is 5.03 Å². The number of nitrogens with zero attached hydrogens (tertiary/aromatic N) is 1. The van der Waals surface area contributed by atoms with Crippen molar-refractivity contribution in [2.45, 2.75) is 9.92 Å². The second-order valence-electron chi connectivity index (χ2n) is 3.48. The molecule has 0 N–H and O–H groups in total. The summed E-state index contributed by atoms with van der Waals surface area (Å²) in [6, 6.07) is 13.1. The van der Waals surface area contributed by atoms with E-state index >= 15 is 0 Å². The molecule has 3 nitrogen and oxygen atoms in total. The van der Waals surface area contributed by atoms with Gasteiger partial charge in [-0.15, -0.1) is 0 Å². The van der Waals surface area contributed by atoms with Crippen molar-refractivity contribution in [1.29, 1.82) is 0 Å². The van der Waals surface area contributed by atoms with Crippen molar-refractivity contribution >= 4 is 17.1 Å². The first-order chi connectivity index (χ1) is 9.21. The number of aromatic nitrogens is 1. The summed E-state index contributed by atoms with van der Waals surface area (Å²) in [4.78, 5) is 4.11. The van der Waals surface area contributed by atoms with Crippen molar-refractivity contribution in [3.05, 3.63) is 54.7 Å². The fourth-order valence-corrected chi connectivity index (χ4v) is 2.44. The molecule has 2 aromatic rings. The van der Waals surface area contributed by atoms with Crippen LogP contribution in [-0.2, 0) is 9.84 Å². The Labute approximate surface area is 113 Å². The van der Waals surface area contributed by atoms with Crippen molar-refractivity contribution < 1.29 is 25.7 Å². The topological polar surface area (TPSA) is 47.0 Å². The molecule has 0 unspecified atom stereocenters. The summed E-state index contributed by atoms with van der Waals surface area (Å²) in [5.41, 5.74) is 0. The first kappa shape index (κ1) is 16.2. The van der Waals surface area contributed by atoms with Gasteiger partial charge < -0.3 is 17.3 Å². The molecule has 1 aromatic heterocycles. The van der Waals surface area contributed by atoms with Crippen molar-refractivity contribution in [2.75, 3.05) is 0 Å². The molecule has 108 valence electrons. The average molecular weight is 306 g/mol. The first-order valence-corrected chi connectivity index (χ1v) is 6.78. The number of pyridine rings is 1. The number of halogens is 4. The fourth-order valence-electron chi connectivity index (χ4n) is 1.23. The van der Waals surface area contributed by atoms with E-state index < -0.39 is 17.1 Å². The Kier molecular flexibility index (Phi) is 5.26. The molecule has 0 spiro atoms. The highest BCUT2D eigenvalue weighted by molar-refractivity contribution is 7.91. The van der Waals surface area contributed by atoms with Crippen LogP contribution < -0.4 is 0 Å². The summed E-state index contributed by atoms with van der Waals surface area (Å²) >= 11 is 0. The standard InChI is InChI=1S/C11H9NO2S.BF4/c13-15(14,10-6-2-1-3-7-10)11-8-4-5-9-12-11;2-1(3,4)5/h1-9H;/q;-1. The molecule has 0 aliphatic carbocycles. The lowest BCUT2D eigenvalue weighted by Crippen LogP contribution is -2.03. The molecule has 1 heterocycles. The van der Waals surface area contributed by atoms with Crippen molar-refractivity contribution in [3.63, 3.8) is 0 Å². The third-order valence-electron chi connectivity index (χ3n) is 1.97. The molecule has 0 bridgehead atoms. The predicted octanol–water partition coefficient (Wildman–Crippen LogP) is 3.21. The number of hydrogen-bond donors (Lipinski definition) is 0. The molecular formula is C11H9BF4NO2S-. The van der Waals surface area contributed by atoms with Crippen LogP contribution in [0, 0.1) is 0 Å². The normalized spacial score (nSPS) is 11.4. The highest BCUT2D eigenvalue weighted by Crippen LogP contribution is 2.17. The quantitative estimate of drug-likeness (QED) is 0.632. The maximum absolute atomic E-state index is 12.0. The van der Waals surface area contributed by atoms with Crippen LogP contribution in [0.2, 0.25) is 0 Å². The molecule has 9 heteroatoms. The Bertz CT molecular complexity index is 581. The highest BCUT2D eigenvalue weighted by atomic mass is 32.2. The molecule has 1 aromatic carbocycles. The molecular weight excluding hydrogens is 297 g/mol. The molecule has 2 rings (SSSR count). The van der Waals surface area contributed by atoms with Crippen LogP contribution in [0.15, 0.2) is 64.6 Å². The van der Waals surface area contributed by atoms with E-state index in [9.17, 15) is 25.7 Å². The number of benzene rings is 1. The molecule has 0 amide bonds. The Balaban J connectivity index is 0.000000347. The lowest BCUT2D eigenvalue weighted by Gasteiger charge is -2.02. The van der Waals surface area contributed by atoms with Gasteiger partial charge in [-0.3, -0.25) is 0 Å². The number of rotatable bonds is 2. The van der Waals surface area contributed by atoms with Crippen LogP contribution in [0.1, 0.15) is 0 Å². The van der Waals surface area contributed by atoms with E-state index in [0.29, 0.717) is 0 Å². The van der Waals surface area contributed by atoms with Gasteiger partial charge >= 0.3 is 7.25 Å². The molecule has 0 saturated heterocycles. The summed E-state index contributed by atoms with van der Waals surface area (Å²) in [5.74, 6) is 0. The zero-order chi connectivity index (χ0) is 15.2. The van der Waals surface area contributed by atoms with Gasteiger partial charge in [-0.05, 0) is 24.3 Å². The van der Waals surface area contributed by atoms with Crippen LogP contribution in [0.25, 0.3) is 0 Å². The smallest absolute Gasteiger partial charge is 0.418 e. The Morgan fingerprint density at radius 2 is 1.35 bits per heavy atom. The van der Waals surface area contributed by atoms with Gasteiger partial charge in [0, 0.05) is 6.20 Å². The molecule has 0 aliphatic heterocycles. The third-order valence-corrected chi connectivity index (χ3v) is 3.65. The number of hydrogen-bond acceptors (Lipinski definition) is 3. The van der Waals surface area contributed by atoms with Gasteiger partial charge in [-0.2, -0.15) is 0 Å². The zero-order valence-corrected chi connectivity index (χ0v) is 10.8. The maximum Gasteiger partial charge on any atom is 0.673 e. The Hall–Kier alpha value is -1.90. The van der Waals surface area contributed by atoms with Crippen LogP contribution in [0.5, 0.6) is 0 Å². The zero-order valence-electron chi connectivity index (χ0n) is 9.96. The molecule has 0 saturated carbocycles. The van der Waals surface area contributed by atoms with Crippen LogP contribution in [0.4, 0.5) is 17.3 Å². The van der Waals surface area contributed by atoms with Gasteiger partial charge in [-0.1, -0.05) is 24.3 Å². The van der Waals surface area contributed by atoms with Gasteiger partial charge in [-0.25, -0.2) is 13.4 Å². The first-order valence-electron chi connectivity index (χ1n) is 5.30. The van der Waals surface area contributed by atoms with Crippen molar-refractivity contribution in [2.24, 2.45) is 0 Å². The molecule has 0 aliphatic rings. The summed E-state index contributed by atoms with van der Waals surface area (Å²) in [6.07, 6.45) is 1.47. The SMILES string of the molecule is F[B-](F)(F)F.O=S(=O)(c1ccccc1)c1ccccn1. The fraction of sp³-hybridized carbons (Fsp3) is 0. The second kappa shape index (κ2) is 6.51. The monoisotopic (exact) mass is 306 g/mol. The largest absolute Gasteiger partial charge is 0.673 e. The van der Waals surface area contributed by atoms with Gasteiger partial charge in [0.25, 0.3) is 0 Å². The highest BCUT2D eigenvalue weighted by Gasteiger charge is 2.20.